The molecule has 10 heteroatoms. The number of nitrogens with one attached hydrogen (secondary N) is 3. The summed E-state index contributed by atoms with van der Waals surface area (Å²) in [7, 11) is 0. The van der Waals surface area contributed by atoms with Crippen molar-refractivity contribution in [3.05, 3.63) is 18.2 Å². The highest BCUT2D eigenvalue weighted by Gasteiger charge is 2.28. The zero-order valence-electron chi connectivity index (χ0n) is 15.9. The molecular formula is C17H29N5O4S. The molecule has 0 spiro atoms. The van der Waals surface area contributed by atoms with Gasteiger partial charge in [-0.05, 0) is 30.8 Å². The predicted octanol–water partition coefficient (Wildman–Crippen LogP) is 0.133. The fourth-order valence-electron chi connectivity index (χ4n) is 2.49. The van der Waals surface area contributed by atoms with Crippen LogP contribution in [0.1, 0.15) is 32.4 Å². The van der Waals surface area contributed by atoms with Gasteiger partial charge in [0.15, 0.2) is 0 Å². The molecule has 0 aromatic carbocycles. The third kappa shape index (κ3) is 8.44. The molecule has 0 radical (unpaired) electrons. The quantitative estimate of drug-likeness (QED) is 0.335. The molecule has 27 heavy (non-hydrogen) atoms. The van der Waals surface area contributed by atoms with Gasteiger partial charge in [0.05, 0.1) is 12.4 Å². The van der Waals surface area contributed by atoms with E-state index in [4.69, 9.17) is 5.73 Å². The minimum Gasteiger partial charge on any atom is -0.480 e. The van der Waals surface area contributed by atoms with Gasteiger partial charge in [-0.15, -0.1) is 0 Å². The molecule has 0 aliphatic carbocycles. The van der Waals surface area contributed by atoms with E-state index >= 15 is 0 Å². The van der Waals surface area contributed by atoms with Crippen molar-refractivity contribution in [1.82, 2.24) is 20.6 Å². The van der Waals surface area contributed by atoms with Crippen molar-refractivity contribution in [3.8, 4) is 0 Å². The second-order valence-corrected chi connectivity index (χ2v) is 7.74. The SMILES string of the molecule is CSCCC(NC(=O)C(N)CC(C)C)C(=O)NC(Cc1cnc[nH]1)C(=O)O. The molecule has 2 amide bonds. The van der Waals surface area contributed by atoms with Gasteiger partial charge in [0.25, 0.3) is 0 Å². The van der Waals surface area contributed by atoms with E-state index < -0.39 is 35.9 Å². The van der Waals surface area contributed by atoms with Crippen LogP contribution in [0.4, 0.5) is 0 Å². The molecule has 1 rings (SSSR count). The van der Waals surface area contributed by atoms with Crippen LogP contribution in [0.5, 0.6) is 0 Å². The van der Waals surface area contributed by atoms with Crippen molar-refractivity contribution in [1.29, 1.82) is 0 Å². The minimum atomic E-state index is -1.16. The summed E-state index contributed by atoms with van der Waals surface area (Å²) in [5.74, 6) is -1.23. The molecule has 0 saturated heterocycles. The monoisotopic (exact) mass is 399 g/mol. The minimum absolute atomic E-state index is 0.0666. The Morgan fingerprint density at radius 3 is 2.44 bits per heavy atom. The van der Waals surface area contributed by atoms with Crippen molar-refractivity contribution in [2.45, 2.75) is 51.2 Å². The lowest BCUT2D eigenvalue weighted by Crippen LogP contribution is -2.55. The van der Waals surface area contributed by atoms with Crippen LogP contribution >= 0.6 is 11.8 Å². The lowest BCUT2D eigenvalue weighted by atomic mass is 10.0. The first kappa shape index (κ1) is 23.0. The number of thioether (sulfide) groups is 1. The van der Waals surface area contributed by atoms with Crippen LogP contribution in [0.2, 0.25) is 0 Å². The number of H-pyrrole nitrogens is 1. The van der Waals surface area contributed by atoms with Gasteiger partial charge in [0, 0.05) is 18.3 Å². The third-order valence-corrected chi connectivity index (χ3v) is 4.54. The number of rotatable bonds is 12. The number of nitrogens with zero attached hydrogens (tertiary/aromatic N) is 1. The number of imidazole rings is 1. The number of hydrogen-bond donors (Lipinski definition) is 5. The van der Waals surface area contributed by atoms with E-state index in [1.807, 2.05) is 20.1 Å². The van der Waals surface area contributed by atoms with Crippen LogP contribution in [0.25, 0.3) is 0 Å². The number of carbonyl (C=O) groups is 3. The van der Waals surface area contributed by atoms with E-state index in [1.165, 1.54) is 24.3 Å². The van der Waals surface area contributed by atoms with E-state index in [2.05, 4.69) is 20.6 Å². The van der Waals surface area contributed by atoms with E-state index in [0.29, 0.717) is 24.3 Å². The van der Waals surface area contributed by atoms with Crippen LogP contribution in [0.15, 0.2) is 12.5 Å². The van der Waals surface area contributed by atoms with Gasteiger partial charge in [0.2, 0.25) is 11.8 Å². The lowest BCUT2D eigenvalue weighted by Gasteiger charge is -2.23. The van der Waals surface area contributed by atoms with Crippen molar-refractivity contribution >= 4 is 29.5 Å². The van der Waals surface area contributed by atoms with Gasteiger partial charge in [-0.2, -0.15) is 11.8 Å². The Kier molecular flexibility index (Phi) is 9.87. The second-order valence-electron chi connectivity index (χ2n) is 6.76. The molecule has 6 N–H and O–H groups in total. The van der Waals surface area contributed by atoms with Crippen molar-refractivity contribution in [2.24, 2.45) is 11.7 Å². The Balaban J connectivity index is 2.76. The van der Waals surface area contributed by atoms with Gasteiger partial charge in [-0.3, -0.25) is 9.59 Å². The fourth-order valence-corrected chi connectivity index (χ4v) is 2.96. The zero-order valence-corrected chi connectivity index (χ0v) is 16.7. The summed E-state index contributed by atoms with van der Waals surface area (Å²) in [6.07, 6.45) is 5.77. The number of hydrogen-bond acceptors (Lipinski definition) is 6. The van der Waals surface area contributed by atoms with Gasteiger partial charge in [0.1, 0.15) is 12.1 Å². The zero-order chi connectivity index (χ0) is 20.4. The van der Waals surface area contributed by atoms with Crippen LogP contribution in [0.3, 0.4) is 0 Å². The Bertz CT molecular complexity index is 608. The number of amides is 2. The average Bonchev–Trinajstić information content (AvgIpc) is 3.09. The Morgan fingerprint density at radius 2 is 1.93 bits per heavy atom. The molecule has 1 heterocycles. The van der Waals surface area contributed by atoms with Gasteiger partial charge in [-0.25, -0.2) is 9.78 Å². The number of aliphatic carboxylic acids is 1. The van der Waals surface area contributed by atoms with E-state index in [1.54, 1.807) is 0 Å². The molecule has 152 valence electrons. The van der Waals surface area contributed by atoms with Gasteiger partial charge >= 0.3 is 5.97 Å². The highest BCUT2D eigenvalue weighted by molar-refractivity contribution is 7.98. The summed E-state index contributed by atoms with van der Waals surface area (Å²) in [5.41, 5.74) is 6.47. The molecule has 0 bridgehead atoms. The maximum Gasteiger partial charge on any atom is 0.326 e. The summed E-state index contributed by atoms with van der Waals surface area (Å²) in [6, 6.07) is -2.68. The molecular weight excluding hydrogens is 370 g/mol. The highest BCUT2D eigenvalue weighted by atomic mass is 32.2. The molecule has 0 fully saturated rings. The van der Waals surface area contributed by atoms with Crippen molar-refractivity contribution < 1.29 is 19.5 Å². The molecule has 3 atom stereocenters. The van der Waals surface area contributed by atoms with Gasteiger partial charge < -0.3 is 26.5 Å². The molecule has 1 aromatic rings. The fraction of sp³-hybridized carbons (Fsp3) is 0.647. The van der Waals surface area contributed by atoms with Crippen LogP contribution in [-0.4, -0.2) is 63.0 Å². The first-order valence-electron chi connectivity index (χ1n) is 8.79. The summed E-state index contributed by atoms with van der Waals surface area (Å²) < 4.78 is 0. The van der Waals surface area contributed by atoms with E-state index in [9.17, 15) is 19.5 Å². The molecule has 9 nitrogen and oxygen atoms in total. The van der Waals surface area contributed by atoms with E-state index in [0.717, 1.165) is 0 Å². The number of carboxylic acid groups (broad SMARTS) is 1. The maximum absolute atomic E-state index is 12.6. The lowest BCUT2D eigenvalue weighted by molar-refractivity contribution is -0.142. The smallest absolute Gasteiger partial charge is 0.326 e. The standard InChI is InChI=1S/C17H29N5O4S/c1-10(2)6-12(18)15(23)21-13(4-5-27-3)16(24)22-14(17(25)26)7-11-8-19-9-20-11/h8-10,12-14H,4-7,18H2,1-3H3,(H,19,20)(H,21,23)(H,22,24)(H,25,26). The normalized spacial score (nSPS) is 14.4. The van der Waals surface area contributed by atoms with Gasteiger partial charge in [-0.1, -0.05) is 13.8 Å². The Morgan fingerprint density at radius 1 is 1.26 bits per heavy atom. The Hall–Kier alpha value is -2.07. The van der Waals surface area contributed by atoms with Crippen molar-refractivity contribution in [3.63, 3.8) is 0 Å². The van der Waals surface area contributed by atoms with Crippen LogP contribution < -0.4 is 16.4 Å². The Labute approximate surface area is 163 Å². The molecule has 0 aliphatic rings. The average molecular weight is 400 g/mol. The topological polar surface area (TPSA) is 150 Å². The van der Waals surface area contributed by atoms with E-state index in [-0.39, 0.29) is 12.3 Å². The first-order chi connectivity index (χ1) is 12.7. The largest absolute Gasteiger partial charge is 0.480 e. The molecule has 0 saturated carbocycles. The third-order valence-electron chi connectivity index (χ3n) is 3.90. The number of aromatic amines is 1. The number of carbonyl (C=O) groups excluding carboxylic acids is 2. The van der Waals surface area contributed by atoms with Crippen LogP contribution in [0, 0.1) is 5.92 Å². The van der Waals surface area contributed by atoms with Crippen molar-refractivity contribution in [2.75, 3.05) is 12.0 Å². The summed E-state index contributed by atoms with van der Waals surface area (Å²) >= 11 is 1.53. The molecule has 3 unspecified atom stereocenters. The molecule has 0 aliphatic heterocycles. The molecule has 1 aromatic heterocycles. The number of carboxylic acids is 1. The number of aromatic nitrogens is 2. The first-order valence-corrected chi connectivity index (χ1v) is 10.2. The van der Waals surface area contributed by atoms with Crippen LogP contribution in [-0.2, 0) is 20.8 Å². The highest BCUT2D eigenvalue weighted by Crippen LogP contribution is 2.07. The number of nitrogens with two attached hydrogens (primary N) is 1. The summed E-state index contributed by atoms with van der Waals surface area (Å²) in [4.78, 5) is 43.0. The maximum atomic E-state index is 12.6. The summed E-state index contributed by atoms with van der Waals surface area (Å²) in [6.45, 7) is 3.91. The predicted molar refractivity (Wildman–Crippen MR) is 104 cm³/mol. The second kappa shape index (κ2) is 11.6. The summed E-state index contributed by atoms with van der Waals surface area (Å²) in [5, 5.41) is 14.5.